The largest absolute Gasteiger partial charge is 0.478 e. The molecule has 0 radical (unpaired) electrons. The molecular weight excluding hydrogens is 330 g/mol. The fraction of sp³-hybridized carbons (Fsp3) is 0.333. The number of rotatable bonds is 9. The molecule has 0 aliphatic carbocycles. The Morgan fingerprint density at radius 2 is 1.58 bits per heavy atom. The number of aromatic carboxylic acids is 1. The van der Waals surface area contributed by atoms with Gasteiger partial charge >= 0.3 is 11.9 Å². The molecule has 0 aliphatic heterocycles. The number of carboxylic acid groups (broad SMARTS) is 1. The van der Waals surface area contributed by atoms with Crippen LogP contribution >= 0.6 is 0 Å². The summed E-state index contributed by atoms with van der Waals surface area (Å²) in [5.74, 6) is -1.27. The zero-order chi connectivity index (χ0) is 18.9. The predicted molar refractivity (Wildman–Crippen MR) is 102 cm³/mol. The van der Waals surface area contributed by atoms with E-state index in [1.54, 1.807) is 24.3 Å². The summed E-state index contributed by atoms with van der Waals surface area (Å²) in [5, 5.41) is 9.06. The number of ether oxygens (including phenoxy) is 1. The van der Waals surface area contributed by atoms with Crippen LogP contribution in [0.25, 0.3) is 0 Å². The number of carboxylic acids is 1. The van der Waals surface area contributed by atoms with Gasteiger partial charge in [-0.15, -0.1) is 0 Å². The molecule has 0 atom stereocenters. The second kappa shape index (κ2) is 9.61. The van der Waals surface area contributed by atoms with Gasteiger partial charge in [-0.1, -0.05) is 31.9 Å². The minimum absolute atomic E-state index is 0.282. The van der Waals surface area contributed by atoms with Crippen molar-refractivity contribution in [3.05, 3.63) is 65.2 Å². The molecular formula is C21H25NO4. The first-order valence-corrected chi connectivity index (χ1v) is 8.80. The van der Waals surface area contributed by atoms with Crippen LogP contribution in [-0.4, -0.2) is 30.7 Å². The number of anilines is 1. The van der Waals surface area contributed by atoms with E-state index in [0.29, 0.717) is 12.1 Å². The number of hydrogen-bond donors (Lipinski definition) is 1. The van der Waals surface area contributed by atoms with Crippen LogP contribution in [0, 0.1) is 0 Å². The molecule has 0 heterocycles. The lowest BCUT2D eigenvalue weighted by atomic mass is 10.1. The highest BCUT2D eigenvalue weighted by Crippen LogP contribution is 2.20. The minimum atomic E-state index is -0.924. The molecule has 26 heavy (non-hydrogen) atoms. The summed E-state index contributed by atoms with van der Waals surface area (Å²) < 4.78 is 4.73. The molecule has 5 heteroatoms. The molecule has 0 saturated heterocycles. The van der Waals surface area contributed by atoms with Crippen molar-refractivity contribution in [3.8, 4) is 0 Å². The monoisotopic (exact) mass is 355 g/mol. The average Bonchev–Trinajstić information content (AvgIpc) is 2.67. The molecule has 2 rings (SSSR count). The van der Waals surface area contributed by atoms with E-state index in [1.807, 2.05) is 24.3 Å². The van der Waals surface area contributed by atoms with Crippen LogP contribution < -0.4 is 4.90 Å². The van der Waals surface area contributed by atoms with Crippen LogP contribution in [0.2, 0.25) is 0 Å². The SMILES string of the molecule is CCCCCN(Cc1ccc(C(=O)OC)cc1)c1ccc(C(=O)O)cc1. The normalized spacial score (nSPS) is 10.4. The van der Waals surface area contributed by atoms with Gasteiger partial charge in [0.2, 0.25) is 0 Å². The molecule has 0 amide bonds. The number of esters is 1. The highest BCUT2D eigenvalue weighted by molar-refractivity contribution is 5.89. The van der Waals surface area contributed by atoms with Crippen LogP contribution in [0.3, 0.4) is 0 Å². The van der Waals surface area contributed by atoms with Crippen molar-refractivity contribution in [1.29, 1.82) is 0 Å². The molecule has 0 unspecified atom stereocenters. The van der Waals surface area contributed by atoms with Gasteiger partial charge in [0.25, 0.3) is 0 Å². The van der Waals surface area contributed by atoms with Crippen LogP contribution in [0.15, 0.2) is 48.5 Å². The quantitative estimate of drug-likeness (QED) is 0.534. The fourth-order valence-corrected chi connectivity index (χ4v) is 2.75. The second-order valence-corrected chi connectivity index (χ2v) is 6.17. The summed E-state index contributed by atoms with van der Waals surface area (Å²) in [4.78, 5) is 24.8. The van der Waals surface area contributed by atoms with E-state index < -0.39 is 5.97 Å². The van der Waals surface area contributed by atoms with Crippen LogP contribution in [0.4, 0.5) is 5.69 Å². The maximum atomic E-state index is 11.5. The Labute approximate surface area is 154 Å². The number of methoxy groups -OCH3 is 1. The van der Waals surface area contributed by atoms with Gasteiger partial charge in [0.05, 0.1) is 18.2 Å². The van der Waals surface area contributed by atoms with Gasteiger partial charge in [-0.3, -0.25) is 0 Å². The molecule has 0 aliphatic rings. The predicted octanol–water partition coefficient (Wildman–Crippen LogP) is 4.37. The van der Waals surface area contributed by atoms with Gasteiger partial charge in [0.15, 0.2) is 0 Å². The number of carbonyl (C=O) groups is 2. The van der Waals surface area contributed by atoms with Gasteiger partial charge in [-0.2, -0.15) is 0 Å². The van der Waals surface area contributed by atoms with E-state index in [9.17, 15) is 9.59 Å². The Bertz CT molecular complexity index is 723. The molecule has 0 bridgehead atoms. The standard InChI is InChI=1S/C21H25NO4/c1-3-4-5-14-22(19-12-10-17(11-13-19)20(23)24)15-16-6-8-18(9-7-16)21(25)26-2/h6-13H,3-5,14-15H2,1-2H3,(H,23,24). The van der Waals surface area contributed by atoms with Crippen molar-refractivity contribution in [2.75, 3.05) is 18.6 Å². The topological polar surface area (TPSA) is 66.8 Å². The smallest absolute Gasteiger partial charge is 0.337 e. The lowest BCUT2D eigenvalue weighted by molar-refractivity contribution is 0.0599. The zero-order valence-electron chi connectivity index (χ0n) is 15.3. The summed E-state index contributed by atoms with van der Waals surface area (Å²) in [5.41, 5.74) is 2.88. The molecule has 2 aromatic carbocycles. The van der Waals surface area contributed by atoms with E-state index in [4.69, 9.17) is 9.84 Å². The molecule has 0 saturated carbocycles. The van der Waals surface area contributed by atoms with Gasteiger partial charge in [0, 0.05) is 18.8 Å². The van der Waals surface area contributed by atoms with Crippen LogP contribution in [0.1, 0.15) is 52.5 Å². The summed E-state index contributed by atoms with van der Waals surface area (Å²) in [6, 6.07) is 14.3. The Balaban J connectivity index is 2.15. The van der Waals surface area contributed by atoms with E-state index in [1.165, 1.54) is 7.11 Å². The van der Waals surface area contributed by atoms with Crippen molar-refractivity contribution in [1.82, 2.24) is 0 Å². The first kappa shape index (κ1) is 19.5. The van der Waals surface area contributed by atoms with Crippen LogP contribution in [0.5, 0.6) is 0 Å². The minimum Gasteiger partial charge on any atom is -0.478 e. The summed E-state index contributed by atoms with van der Waals surface area (Å²) in [6.07, 6.45) is 3.35. The zero-order valence-corrected chi connectivity index (χ0v) is 15.3. The first-order chi connectivity index (χ1) is 12.5. The lowest BCUT2D eigenvalue weighted by Crippen LogP contribution is -2.24. The second-order valence-electron chi connectivity index (χ2n) is 6.17. The highest BCUT2D eigenvalue weighted by Gasteiger charge is 2.10. The lowest BCUT2D eigenvalue weighted by Gasteiger charge is -2.25. The molecule has 1 N–H and O–H groups in total. The molecule has 2 aromatic rings. The average molecular weight is 355 g/mol. The van der Waals surface area contributed by atoms with Crippen molar-refractivity contribution >= 4 is 17.6 Å². The van der Waals surface area contributed by atoms with Crippen molar-refractivity contribution in [2.45, 2.75) is 32.7 Å². The van der Waals surface area contributed by atoms with Crippen LogP contribution in [-0.2, 0) is 11.3 Å². The number of benzene rings is 2. The van der Waals surface area contributed by atoms with E-state index >= 15 is 0 Å². The maximum absolute atomic E-state index is 11.5. The van der Waals surface area contributed by atoms with Crippen molar-refractivity contribution < 1.29 is 19.4 Å². The third-order valence-electron chi connectivity index (χ3n) is 4.26. The molecule has 5 nitrogen and oxygen atoms in total. The highest BCUT2D eigenvalue weighted by atomic mass is 16.5. The maximum Gasteiger partial charge on any atom is 0.337 e. The number of nitrogens with zero attached hydrogens (tertiary/aromatic N) is 1. The Morgan fingerprint density at radius 1 is 0.962 bits per heavy atom. The fourth-order valence-electron chi connectivity index (χ4n) is 2.75. The number of unbranched alkanes of at least 4 members (excludes halogenated alkanes) is 2. The molecule has 0 fully saturated rings. The Morgan fingerprint density at radius 3 is 2.12 bits per heavy atom. The number of carbonyl (C=O) groups excluding carboxylic acids is 1. The van der Waals surface area contributed by atoms with Gasteiger partial charge in [-0.05, 0) is 48.4 Å². The third-order valence-corrected chi connectivity index (χ3v) is 4.26. The molecule has 0 spiro atoms. The Kier molecular flexibility index (Phi) is 7.21. The summed E-state index contributed by atoms with van der Waals surface area (Å²) in [7, 11) is 1.37. The van der Waals surface area contributed by atoms with E-state index in [-0.39, 0.29) is 11.5 Å². The Hall–Kier alpha value is -2.82. The first-order valence-electron chi connectivity index (χ1n) is 8.80. The van der Waals surface area contributed by atoms with Crippen molar-refractivity contribution in [2.24, 2.45) is 0 Å². The molecule has 138 valence electrons. The van der Waals surface area contributed by atoms with E-state index in [0.717, 1.165) is 37.1 Å². The van der Waals surface area contributed by atoms with Gasteiger partial charge in [0.1, 0.15) is 0 Å². The summed E-state index contributed by atoms with van der Waals surface area (Å²) in [6.45, 7) is 3.74. The van der Waals surface area contributed by atoms with E-state index in [2.05, 4.69) is 11.8 Å². The van der Waals surface area contributed by atoms with Gasteiger partial charge < -0.3 is 14.7 Å². The van der Waals surface area contributed by atoms with Crippen molar-refractivity contribution in [3.63, 3.8) is 0 Å². The number of hydrogen-bond acceptors (Lipinski definition) is 4. The van der Waals surface area contributed by atoms with Gasteiger partial charge in [-0.25, -0.2) is 9.59 Å². The summed E-state index contributed by atoms with van der Waals surface area (Å²) >= 11 is 0. The molecule has 0 aromatic heterocycles. The third kappa shape index (κ3) is 5.34.